The highest BCUT2D eigenvalue weighted by Crippen LogP contribution is 2.20. The van der Waals surface area contributed by atoms with Gasteiger partial charge in [-0.05, 0) is 26.0 Å². The van der Waals surface area contributed by atoms with E-state index in [1.54, 1.807) is 48.6 Å². The maximum absolute atomic E-state index is 11.2. The lowest BCUT2D eigenvalue weighted by atomic mass is 10.2. The van der Waals surface area contributed by atoms with Crippen molar-refractivity contribution >= 4 is 32.2 Å². The van der Waals surface area contributed by atoms with E-state index in [2.05, 4.69) is 4.98 Å². The lowest BCUT2D eigenvalue weighted by molar-refractivity contribution is -0.120. The van der Waals surface area contributed by atoms with Crippen LogP contribution in [0.2, 0.25) is 0 Å². The van der Waals surface area contributed by atoms with Gasteiger partial charge in [0.2, 0.25) is 3.79 Å². The predicted octanol–water partition coefficient (Wildman–Crippen LogP) is 1.78. The van der Waals surface area contributed by atoms with E-state index in [9.17, 15) is 4.79 Å². The molecule has 2 N–H and O–H groups in total. The highest BCUT2D eigenvalue weighted by molar-refractivity contribution is 14.1. The summed E-state index contributed by atoms with van der Waals surface area (Å²) in [5.41, 5.74) is 4.58. The van der Waals surface area contributed by atoms with Crippen molar-refractivity contribution in [1.82, 2.24) is 4.98 Å². The molecule has 1 rings (SSSR count). The Morgan fingerprint density at radius 2 is 2.21 bits per heavy atom. The maximum atomic E-state index is 11.2. The molecule has 4 nitrogen and oxygen atoms in total. The van der Waals surface area contributed by atoms with Gasteiger partial charge in [0.25, 0.3) is 0 Å². The molecule has 5 heteroatoms. The summed E-state index contributed by atoms with van der Waals surface area (Å²) >= 11 is 1.71. The maximum Gasteiger partial charge on any atom is 0.235 e. The second kappa shape index (κ2) is 4.12. The van der Waals surface area contributed by atoms with Gasteiger partial charge in [0.15, 0.2) is 5.60 Å². The van der Waals surface area contributed by atoms with Gasteiger partial charge in [0.1, 0.15) is 11.6 Å². The summed E-state index contributed by atoms with van der Waals surface area (Å²) in [6.07, 6.45) is 1.50. The van der Waals surface area contributed by atoms with E-state index in [0.29, 0.717) is 11.6 Å². The number of halogens is 1. The van der Waals surface area contributed by atoms with E-state index in [1.165, 1.54) is 6.20 Å². The highest BCUT2D eigenvalue weighted by atomic mass is 127. The summed E-state index contributed by atoms with van der Waals surface area (Å²) in [4.78, 5) is 15.0. The number of nitrogens with zero attached hydrogens (tertiary/aromatic N) is 1. The van der Waals surface area contributed by atoms with Crippen molar-refractivity contribution in [2.75, 3.05) is 5.73 Å². The molecule has 0 atom stereocenters. The summed E-state index contributed by atoms with van der Waals surface area (Å²) in [5, 5.41) is 0. The molecule has 0 bridgehead atoms. The van der Waals surface area contributed by atoms with E-state index >= 15 is 0 Å². The van der Waals surface area contributed by atoms with Crippen molar-refractivity contribution in [3.63, 3.8) is 0 Å². The van der Waals surface area contributed by atoms with Crippen LogP contribution >= 0.6 is 22.6 Å². The summed E-state index contributed by atoms with van der Waals surface area (Å²) < 4.78 is 5.38. The molecule has 0 fully saturated rings. The van der Waals surface area contributed by atoms with Crippen LogP contribution in [0, 0.1) is 0 Å². The van der Waals surface area contributed by atoms with Crippen molar-refractivity contribution in [3.8, 4) is 5.75 Å². The lowest BCUT2D eigenvalue weighted by Gasteiger charge is -2.21. The molecule has 0 unspecified atom stereocenters. The molecular formula is C9H11IN2O2. The van der Waals surface area contributed by atoms with Gasteiger partial charge in [-0.15, -0.1) is 0 Å². The van der Waals surface area contributed by atoms with E-state index in [4.69, 9.17) is 10.5 Å². The zero-order valence-corrected chi connectivity index (χ0v) is 10.1. The van der Waals surface area contributed by atoms with E-state index < -0.39 is 5.60 Å². The summed E-state index contributed by atoms with van der Waals surface area (Å²) in [6, 6.07) is 3.31. The number of pyridine rings is 1. The number of anilines is 1. The minimum atomic E-state index is -0.835. The topological polar surface area (TPSA) is 65.2 Å². The zero-order chi connectivity index (χ0) is 10.8. The number of nitrogen functional groups attached to an aromatic ring is 1. The molecular weight excluding hydrogens is 295 g/mol. The lowest BCUT2D eigenvalue weighted by Crippen LogP contribution is -2.34. The SMILES string of the molecule is CC(C)(Oc1ccc(N)nc1)C(=O)I. The summed E-state index contributed by atoms with van der Waals surface area (Å²) in [5.74, 6) is 0.963. The van der Waals surface area contributed by atoms with Gasteiger partial charge in [-0.25, -0.2) is 4.98 Å². The van der Waals surface area contributed by atoms with E-state index in [-0.39, 0.29) is 3.79 Å². The quantitative estimate of drug-likeness (QED) is 0.683. The standard InChI is InChI=1S/C9H11IN2O2/c1-9(2,8(10)13)14-6-3-4-7(11)12-5-6/h3-5H,1-2H3,(H2,11,12). The van der Waals surface area contributed by atoms with Gasteiger partial charge in [0, 0.05) is 22.6 Å². The molecule has 1 aromatic rings. The minimum absolute atomic E-state index is 0.0630. The first-order valence-corrected chi connectivity index (χ1v) is 5.10. The second-order valence-electron chi connectivity index (χ2n) is 3.30. The first-order valence-electron chi connectivity index (χ1n) is 4.02. The first-order chi connectivity index (χ1) is 6.42. The Hall–Kier alpha value is -0.850. The molecule has 1 aromatic heterocycles. The third-order valence-electron chi connectivity index (χ3n) is 1.61. The Kier molecular flexibility index (Phi) is 3.30. The van der Waals surface area contributed by atoms with Gasteiger partial charge < -0.3 is 10.5 Å². The van der Waals surface area contributed by atoms with Crippen molar-refractivity contribution < 1.29 is 9.53 Å². The van der Waals surface area contributed by atoms with Crippen LogP contribution in [0.4, 0.5) is 5.82 Å². The molecule has 0 saturated carbocycles. The van der Waals surface area contributed by atoms with Gasteiger partial charge >= 0.3 is 0 Å². The summed E-state index contributed by atoms with van der Waals surface area (Å²) in [7, 11) is 0. The van der Waals surface area contributed by atoms with Crippen LogP contribution in [-0.4, -0.2) is 14.4 Å². The van der Waals surface area contributed by atoms with Crippen LogP contribution < -0.4 is 10.5 Å². The predicted molar refractivity (Wildman–Crippen MR) is 62.4 cm³/mol. The fourth-order valence-electron chi connectivity index (χ4n) is 0.787. The third-order valence-corrected chi connectivity index (χ3v) is 2.90. The number of ether oxygens (including phenoxy) is 1. The molecule has 76 valence electrons. The molecule has 0 amide bonds. The van der Waals surface area contributed by atoms with Crippen LogP contribution in [0.5, 0.6) is 5.75 Å². The van der Waals surface area contributed by atoms with Crippen molar-refractivity contribution in [2.24, 2.45) is 0 Å². The number of nitrogens with two attached hydrogens (primary N) is 1. The molecule has 14 heavy (non-hydrogen) atoms. The minimum Gasteiger partial charge on any atom is -0.478 e. The number of carbonyl (C=O) groups is 1. The smallest absolute Gasteiger partial charge is 0.235 e. The Bertz CT molecular complexity index is 335. The molecule has 0 saturated heterocycles. The molecule has 0 aliphatic rings. The van der Waals surface area contributed by atoms with Crippen molar-refractivity contribution in [3.05, 3.63) is 18.3 Å². The van der Waals surface area contributed by atoms with Gasteiger partial charge in [-0.2, -0.15) is 0 Å². The number of aromatic nitrogens is 1. The van der Waals surface area contributed by atoms with Gasteiger partial charge in [0.05, 0.1) is 6.20 Å². The molecule has 0 radical (unpaired) electrons. The molecule has 0 spiro atoms. The van der Waals surface area contributed by atoms with Crippen molar-refractivity contribution in [2.45, 2.75) is 19.4 Å². The zero-order valence-electron chi connectivity index (χ0n) is 7.95. The van der Waals surface area contributed by atoms with Crippen LogP contribution in [0.15, 0.2) is 18.3 Å². The molecule has 1 heterocycles. The average Bonchev–Trinajstić information content (AvgIpc) is 2.08. The third kappa shape index (κ3) is 2.83. The van der Waals surface area contributed by atoms with Crippen LogP contribution in [0.1, 0.15) is 13.8 Å². The highest BCUT2D eigenvalue weighted by Gasteiger charge is 2.27. The normalized spacial score (nSPS) is 11.1. The van der Waals surface area contributed by atoms with Gasteiger partial charge in [-0.3, -0.25) is 4.79 Å². The first kappa shape index (κ1) is 11.2. The Labute approximate surface area is 96.0 Å². The largest absolute Gasteiger partial charge is 0.478 e. The van der Waals surface area contributed by atoms with Crippen molar-refractivity contribution in [1.29, 1.82) is 0 Å². The Balaban J connectivity index is 2.79. The second-order valence-corrected chi connectivity index (χ2v) is 4.28. The van der Waals surface area contributed by atoms with Crippen LogP contribution in [0.3, 0.4) is 0 Å². The van der Waals surface area contributed by atoms with Crippen LogP contribution in [-0.2, 0) is 4.79 Å². The van der Waals surface area contributed by atoms with E-state index in [0.717, 1.165) is 0 Å². The fourth-order valence-corrected chi connectivity index (χ4v) is 0.897. The molecule has 0 aliphatic heterocycles. The van der Waals surface area contributed by atoms with Gasteiger partial charge in [-0.1, -0.05) is 0 Å². The van der Waals surface area contributed by atoms with Crippen LogP contribution in [0.25, 0.3) is 0 Å². The van der Waals surface area contributed by atoms with E-state index in [1.807, 2.05) is 0 Å². The number of carbonyl (C=O) groups excluding carboxylic acids is 1. The Morgan fingerprint density at radius 1 is 1.57 bits per heavy atom. The molecule has 0 aromatic carbocycles. The monoisotopic (exact) mass is 306 g/mol. The Morgan fingerprint density at radius 3 is 2.64 bits per heavy atom. The average molecular weight is 306 g/mol. The fraction of sp³-hybridized carbons (Fsp3) is 0.333. The number of hydrogen-bond acceptors (Lipinski definition) is 4. The number of hydrogen-bond donors (Lipinski definition) is 1. The number of rotatable bonds is 3. The summed E-state index contributed by atoms with van der Waals surface area (Å²) in [6.45, 7) is 3.41. The molecule has 0 aliphatic carbocycles.